The molecule has 0 spiro atoms. The molecule has 1 saturated heterocycles. The summed E-state index contributed by atoms with van der Waals surface area (Å²) in [4.78, 5) is 15.2. The molecule has 3 heteroatoms. The van der Waals surface area contributed by atoms with Crippen molar-refractivity contribution in [2.24, 2.45) is 0 Å². The lowest BCUT2D eigenvalue weighted by molar-refractivity contribution is -0.125. The molecule has 1 aromatic rings. The van der Waals surface area contributed by atoms with Crippen LogP contribution in [0.1, 0.15) is 36.1 Å². The third kappa shape index (κ3) is 3.43. The van der Waals surface area contributed by atoms with E-state index < -0.39 is 0 Å². The molecule has 17 heavy (non-hydrogen) atoms. The fourth-order valence-corrected chi connectivity index (χ4v) is 2.92. The van der Waals surface area contributed by atoms with Crippen LogP contribution in [0.25, 0.3) is 6.08 Å². The maximum absolute atomic E-state index is 12.0. The Morgan fingerprint density at radius 3 is 2.59 bits per heavy atom. The van der Waals surface area contributed by atoms with Gasteiger partial charge in [0.2, 0.25) is 5.91 Å². The molecule has 1 fully saturated rings. The highest BCUT2D eigenvalue weighted by molar-refractivity contribution is 7.11. The van der Waals surface area contributed by atoms with Gasteiger partial charge in [-0.2, -0.15) is 0 Å². The predicted molar refractivity (Wildman–Crippen MR) is 73.1 cm³/mol. The number of carbonyl (C=O) groups is 1. The van der Waals surface area contributed by atoms with Crippen molar-refractivity contribution in [3.8, 4) is 0 Å². The summed E-state index contributed by atoms with van der Waals surface area (Å²) in [6.45, 7) is 3.92. The van der Waals surface area contributed by atoms with Crippen molar-refractivity contribution < 1.29 is 4.79 Å². The Bertz CT molecular complexity index is 400. The topological polar surface area (TPSA) is 20.3 Å². The third-order valence-electron chi connectivity index (χ3n) is 3.20. The van der Waals surface area contributed by atoms with Gasteiger partial charge in [0.15, 0.2) is 0 Å². The molecule has 92 valence electrons. The van der Waals surface area contributed by atoms with Crippen molar-refractivity contribution in [1.82, 2.24) is 4.90 Å². The Morgan fingerprint density at radius 2 is 2.00 bits per heavy atom. The maximum atomic E-state index is 12.0. The predicted octanol–water partition coefficient (Wildman–Crippen LogP) is 3.47. The molecular weight excluding hydrogens is 230 g/mol. The fraction of sp³-hybridized carbons (Fsp3) is 0.500. The highest BCUT2D eigenvalue weighted by Gasteiger charge is 2.12. The number of likely N-dealkylation sites (tertiary alicyclic amines) is 1. The molecule has 1 aromatic heterocycles. The monoisotopic (exact) mass is 249 g/mol. The lowest BCUT2D eigenvalue weighted by Crippen LogP contribution is -2.30. The second-order valence-corrected chi connectivity index (χ2v) is 5.49. The highest BCUT2D eigenvalue weighted by Crippen LogP contribution is 2.17. The molecular formula is C14H19NOS. The van der Waals surface area contributed by atoms with Crippen molar-refractivity contribution >= 4 is 23.3 Å². The molecule has 1 aliphatic heterocycles. The van der Waals surface area contributed by atoms with Gasteiger partial charge in [-0.3, -0.25) is 4.79 Å². The smallest absolute Gasteiger partial charge is 0.246 e. The number of rotatable bonds is 2. The Hall–Kier alpha value is -1.09. The van der Waals surface area contributed by atoms with Crippen LogP contribution in [0.2, 0.25) is 0 Å². The first-order valence-electron chi connectivity index (χ1n) is 6.28. The molecule has 0 aliphatic carbocycles. The second kappa shape index (κ2) is 6.01. The normalized spacial score (nSPS) is 17.4. The Kier molecular flexibility index (Phi) is 4.37. The molecule has 0 radical (unpaired) electrons. The summed E-state index contributed by atoms with van der Waals surface area (Å²) < 4.78 is 0. The number of nitrogens with zero attached hydrogens (tertiary/aromatic N) is 1. The van der Waals surface area contributed by atoms with E-state index in [4.69, 9.17) is 0 Å². The first-order valence-corrected chi connectivity index (χ1v) is 7.16. The van der Waals surface area contributed by atoms with Crippen LogP contribution in [-0.2, 0) is 4.79 Å². The van der Waals surface area contributed by atoms with E-state index in [2.05, 4.69) is 18.4 Å². The highest BCUT2D eigenvalue weighted by atomic mass is 32.1. The average Bonchev–Trinajstić information content (AvgIpc) is 2.58. The molecule has 2 heterocycles. The number of hydrogen-bond acceptors (Lipinski definition) is 2. The van der Waals surface area contributed by atoms with Crippen molar-refractivity contribution in [1.29, 1.82) is 0 Å². The summed E-state index contributed by atoms with van der Waals surface area (Å²) in [7, 11) is 0. The minimum absolute atomic E-state index is 0.166. The molecule has 0 unspecified atom stereocenters. The summed E-state index contributed by atoms with van der Waals surface area (Å²) in [5.74, 6) is 0.166. The van der Waals surface area contributed by atoms with E-state index in [0.717, 1.165) is 25.9 Å². The first-order chi connectivity index (χ1) is 8.27. The summed E-state index contributed by atoms with van der Waals surface area (Å²) in [5.41, 5.74) is 1.25. The third-order valence-corrected chi connectivity index (χ3v) is 4.18. The fourth-order valence-electron chi connectivity index (χ4n) is 2.10. The Labute approximate surface area is 107 Å². The minimum atomic E-state index is 0.166. The van der Waals surface area contributed by atoms with Gasteiger partial charge in [-0.05, 0) is 42.9 Å². The quantitative estimate of drug-likeness (QED) is 0.735. The van der Waals surface area contributed by atoms with Gasteiger partial charge < -0.3 is 4.90 Å². The van der Waals surface area contributed by atoms with Crippen molar-refractivity contribution in [3.05, 3.63) is 28.0 Å². The van der Waals surface area contributed by atoms with Gasteiger partial charge in [-0.1, -0.05) is 12.8 Å². The second-order valence-electron chi connectivity index (χ2n) is 4.54. The number of carbonyl (C=O) groups excluding carboxylic acids is 1. The van der Waals surface area contributed by atoms with Crippen LogP contribution in [0.15, 0.2) is 17.5 Å². The maximum Gasteiger partial charge on any atom is 0.246 e. The van der Waals surface area contributed by atoms with E-state index in [1.165, 1.54) is 23.3 Å². The standard InChI is InChI=1S/C14H19NOS/c1-12-8-11-17-13(12)6-7-14(16)15-9-4-2-3-5-10-15/h6-8,11H,2-5,9-10H2,1H3. The molecule has 0 bridgehead atoms. The summed E-state index contributed by atoms with van der Waals surface area (Å²) in [6, 6.07) is 2.08. The summed E-state index contributed by atoms with van der Waals surface area (Å²) >= 11 is 1.68. The Morgan fingerprint density at radius 1 is 1.29 bits per heavy atom. The average molecular weight is 249 g/mol. The zero-order chi connectivity index (χ0) is 12.1. The van der Waals surface area contributed by atoms with E-state index >= 15 is 0 Å². The lowest BCUT2D eigenvalue weighted by Gasteiger charge is -2.17. The van der Waals surface area contributed by atoms with Crippen molar-refractivity contribution in [2.75, 3.05) is 13.1 Å². The number of thiophene rings is 1. The van der Waals surface area contributed by atoms with E-state index in [1.807, 2.05) is 11.0 Å². The van der Waals surface area contributed by atoms with Gasteiger partial charge in [0.1, 0.15) is 0 Å². The van der Waals surface area contributed by atoms with Crippen LogP contribution < -0.4 is 0 Å². The van der Waals surface area contributed by atoms with E-state index in [0.29, 0.717) is 0 Å². The molecule has 2 nitrogen and oxygen atoms in total. The van der Waals surface area contributed by atoms with Gasteiger partial charge >= 0.3 is 0 Å². The van der Waals surface area contributed by atoms with E-state index in [1.54, 1.807) is 17.4 Å². The van der Waals surface area contributed by atoms with Gasteiger partial charge in [0.25, 0.3) is 0 Å². The molecule has 0 aromatic carbocycles. The van der Waals surface area contributed by atoms with Crippen LogP contribution in [0.4, 0.5) is 0 Å². The molecule has 0 atom stereocenters. The molecule has 0 N–H and O–H groups in total. The van der Waals surface area contributed by atoms with Gasteiger partial charge in [0.05, 0.1) is 0 Å². The van der Waals surface area contributed by atoms with Crippen LogP contribution in [0.3, 0.4) is 0 Å². The van der Waals surface area contributed by atoms with Crippen LogP contribution >= 0.6 is 11.3 Å². The summed E-state index contributed by atoms with van der Waals surface area (Å²) in [6.07, 6.45) is 8.50. The van der Waals surface area contributed by atoms with E-state index in [-0.39, 0.29) is 5.91 Å². The van der Waals surface area contributed by atoms with Gasteiger partial charge in [0, 0.05) is 24.0 Å². The van der Waals surface area contributed by atoms with E-state index in [9.17, 15) is 4.79 Å². The van der Waals surface area contributed by atoms with Gasteiger partial charge in [-0.25, -0.2) is 0 Å². The van der Waals surface area contributed by atoms with Crippen LogP contribution in [0, 0.1) is 6.92 Å². The minimum Gasteiger partial charge on any atom is -0.339 e. The molecule has 1 aliphatic rings. The Balaban J connectivity index is 1.96. The van der Waals surface area contributed by atoms with Crippen molar-refractivity contribution in [3.63, 3.8) is 0 Å². The van der Waals surface area contributed by atoms with Crippen molar-refractivity contribution in [2.45, 2.75) is 32.6 Å². The number of hydrogen-bond donors (Lipinski definition) is 0. The summed E-state index contributed by atoms with van der Waals surface area (Å²) in [5, 5.41) is 2.06. The number of amides is 1. The molecule has 0 saturated carbocycles. The van der Waals surface area contributed by atoms with Gasteiger partial charge in [-0.15, -0.1) is 11.3 Å². The number of aryl methyl sites for hydroxylation is 1. The first kappa shape index (κ1) is 12.4. The molecule has 1 amide bonds. The largest absolute Gasteiger partial charge is 0.339 e. The van der Waals surface area contributed by atoms with Crippen LogP contribution in [-0.4, -0.2) is 23.9 Å². The zero-order valence-corrected chi connectivity index (χ0v) is 11.1. The van der Waals surface area contributed by atoms with Crippen LogP contribution in [0.5, 0.6) is 0 Å². The molecule has 2 rings (SSSR count). The zero-order valence-electron chi connectivity index (χ0n) is 10.3. The SMILES string of the molecule is Cc1ccsc1C=CC(=O)N1CCCCCC1. The lowest BCUT2D eigenvalue weighted by atomic mass is 10.2.